The van der Waals surface area contributed by atoms with Gasteiger partial charge in [-0.15, -0.1) is 0 Å². The van der Waals surface area contributed by atoms with Gasteiger partial charge in [0, 0.05) is 0 Å². The van der Waals surface area contributed by atoms with E-state index in [0.29, 0.717) is 5.69 Å². The first kappa shape index (κ1) is 22.9. The Bertz CT molecular complexity index is 1030. The molecule has 0 saturated heterocycles. The van der Waals surface area contributed by atoms with Gasteiger partial charge in [-0.25, -0.2) is 8.42 Å². The van der Waals surface area contributed by atoms with Crippen LogP contribution in [0, 0.1) is 34.6 Å². The van der Waals surface area contributed by atoms with Crippen molar-refractivity contribution in [2.75, 3.05) is 10.6 Å². The Labute approximate surface area is 175 Å². The van der Waals surface area contributed by atoms with E-state index in [0.717, 1.165) is 34.1 Å². The van der Waals surface area contributed by atoms with Crippen molar-refractivity contribution in [1.82, 2.24) is 5.32 Å². The molecular formula is C23H32N2O3S. The molecule has 0 aliphatic heterocycles. The Morgan fingerprint density at radius 2 is 1.48 bits per heavy atom. The number of amides is 1. The summed E-state index contributed by atoms with van der Waals surface area (Å²) in [5, 5.41) is 2.99. The van der Waals surface area contributed by atoms with Crippen LogP contribution in [0.4, 0.5) is 5.69 Å². The van der Waals surface area contributed by atoms with Crippen LogP contribution in [-0.4, -0.2) is 26.6 Å². The average molecular weight is 417 g/mol. The molecule has 2 rings (SSSR count). The minimum absolute atomic E-state index is 0.232. The molecule has 2 aromatic rings. The van der Waals surface area contributed by atoms with Gasteiger partial charge in [-0.3, -0.25) is 9.10 Å². The summed E-state index contributed by atoms with van der Waals surface area (Å²) < 4.78 is 26.4. The van der Waals surface area contributed by atoms with Crippen molar-refractivity contribution in [3.63, 3.8) is 0 Å². The topological polar surface area (TPSA) is 66.5 Å². The normalized spacial score (nSPS) is 13.7. The van der Waals surface area contributed by atoms with Gasteiger partial charge in [0.05, 0.1) is 18.0 Å². The van der Waals surface area contributed by atoms with E-state index in [2.05, 4.69) is 24.4 Å². The van der Waals surface area contributed by atoms with Gasteiger partial charge in [-0.05, 0) is 87.9 Å². The minimum atomic E-state index is -3.65. The molecule has 0 spiro atoms. The van der Waals surface area contributed by atoms with Gasteiger partial charge >= 0.3 is 0 Å². The van der Waals surface area contributed by atoms with E-state index >= 15 is 0 Å². The van der Waals surface area contributed by atoms with Crippen molar-refractivity contribution in [2.24, 2.45) is 0 Å². The SMILES string of the molecule is Cc1ccc(C)c(N([C@H](C)C(=O)N[C@@H](C)c2cc(C)c(C)cc2C)S(C)(=O)=O)c1. The smallest absolute Gasteiger partial charge is 0.244 e. The molecule has 1 amide bonds. The summed E-state index contributed by atoms with van der Waals surface area (Å²) in [5.41, 5.74) is 6.77. The van der Waals surface area contributed by atoms with Gasteiger partial charge in [-0.2, -0.15) is 0 Å². The predicted octanol–water partition coefficient (Wildman–Crippen LogP) is 4.26. The molecule has 2 aromatic carbocycles. The predicted molar refractivity (Wildman–Crippen MR) is 120 cm³/mol. The molecule has 29 heavy (non-hydrogen) atoms. The molecule has 158 valence electrons. The maximum atomic E-state index is 13.0. The zero-order chi connectivity index (χ0) is 22.1. The summed E-state index contributed by atoms with van der Waals surface area (Å²) in [5.74, 6) is -0.332. The lowest BCUT2D eigenvalue weighted by Gasteiger charge is -2.31. The summed E-state index contributed by atoms with van der Waals surface area (Å²) in [6.45, 7) is 13.4. The molecule has 0 bridgehead atoms. The summed E-state index contributed by atoms with van der Waals surface area (Å²) in [6.07, 6.45) is 1.13. The van der Waals surface area contributed by atoms with Crippen LogP contribution in [0.15, 0.2) is 30.3 Å². The van der Waals surface area contributed by atoms with E-state index in [9.17, 15) is 13.2 Å². The number of hydrogen-bond donors (Lipinski definition) is 1. The van der Waals surface area contributed by atoms with Gasteiger partial charge in [0.25, 0.3) is 0 Å². The first-order valence-electron chi connectivity index (χ1n) is 9.77. The van der Waals surface area contributed by atoms with Gasteiger partial charge in [0.2, 0.25) is 15.9 Å². The van der Waals surface area contributed by atoms with E-state index < -0.39 is 16.1 Å². The Balaban J connectivity index is 2.35. The number of sulfonamides is 1. The number of rotatable bonds is 6. The fourth-order valence-electron chi connectivity index (χ4n) is 3.60. The molecule has 0 unspecified atom stereocenters. The van der Waals surface area contributed by atoms with Crippen LogP contribution < -0.4 is 9.62 Å². The van der Waals surface area contributed by atoms with Crippen LogP contribution in [0.1, 0.15) is 53.3 Å². The first-order valence-corrected chi connectivity index (χ1v) is 11.6. The van der Waals surface area contributed by atoms with E-state index in [1.807, 2.05) is 46.8 Å². The summed E-state index contributed by atoms with van der Waals surface area (Å²) in [6, 6.07) is 8.68. The highest BCUT2D eigenvalue weighted by Crippen LogP contribution is 2.27. The summed E-state index contributed by atoms with van der Waals surface area (Å²) >= 11 is 0. The third kappa shape index (κ3) is 5.18. The number of nitrogens with one attached hydrogen (secondary N) is 1. The molecule has 0 fully saturated rings. The minimum Gasteiger partial charge on any atom is -0.348 e. The number of carbonyl (C=O) groups is 1. The fourth-order valence-corrected chi connectivity index (χ4v) is 4.82. The van der Waals surface area contributed by atoms with Crippen LogP contribution in [0.5, 0.6) is 0 Å². The molecule has 0 aromatic heterocycles. The molecule has 2 atom stereocenters. The van der Waals surface area contributed by atoms with E-state index in [-0.39, 0.29) is 11.9 Å². The lowest BCUT2D eigenvalue weighted by atomic mass is 9.96. The van der Waals surface area contributed by atoms with Crippen molar-refractivity contribution in [3.8, 4) is 0 Å². The molecule has 5 nitrogen and oxygen atoms in total. The second-order valence-electron chi connectivity index (χ2n) is 8.05. The Morgan fingerprint density at radius 1 is 0.897 bits per heavy atom. The maximum Gasteiger partial charge on any atom is 0.244 e. The number of anilines is 1. The van der Waals surface area contributed by atoms with Crippen LogP contribution in [0.2, 0.25) is 0 Å². The zero-order valence-electron chi connectivity index (χ0n) is 18.6. The Kier molecular flexibility index (Phi) is 6.78. The van der Waals surface area contributed by atoms with Gasteiger partial charge in [0.15, 0.2) is 0 Å². The molecule has 6 heteroatoms. The Morgan fingerprint density at radius 3 is 2.07 bits per heavy atom. The molecule has 0 aliphatic rings. The third-order valence-corrected chi connectivity index (χ3v) is 6.63. The van der Waals surface area contributed by atoms with Crippen LogP contribution >= 0.6 is 0 Å². The second-order valence-corrected chi connectivity index (χ2v) is 9.91. The van der Waals surface area contributed by atoms with Crippen molar-refractivity contribution in [2.45, 2.75) is 60.5 Å². The highest BCUT2D eigenvalue weighted by atomic mass is 32.2. The fraction of sp³-hybridized carbons (Fsp3) is 0.435. The van der Waals surface area contributed by atoms with E-state index in [1.165, 1.54) is 9.87 Å². The molecule has 0 radical (unpaired) electrons. The van der Waals surface area contributed by atoms with Crippen LogP contribution in [-0.2, 0) is 14.8 Å². The molecule has 1 N–H and O–H groups in total. The third-order valence-electron chi connectivity index (χ3n) is 5.40. The van der Waals surface area contributed by atoms with Gasteiger partial charge < -0.3 is 5.32 Å². The van der Waals surface area contributed by atoms with Crippen molar-refractivity contribution in [1.29, 1.82) is 0 Å². The Hall–Kier alpha value is -2.34. The number of benzene rings is 2. The van der Waals surface area contributed by atoms with Crippen molar-refractivity contribution in [3.05, 3.63) is 63.7 Å². The molecule has 0 aliphatic carbocycles. The average Bonchev–Trinajstić information content (AvgIpc) is 2.59. The number of hydrogen-bond acceptors (Lipinski definition) is 3. The largest absolute Gasteiger partial charge is 0.348 e. The monoisotopic (exact) mass is 416 g/mol. The van der Waals surface area contributed by atoms with Gasteiger partial charge in [0.1, 0.15) is 6.04 Å². The van der Waals surface area contributed by atoms with E-state index in [4.69, 9.17) is 0 Å². The van der Waals surface area contributed by atoms with Crippen molar-refractivity contribution < 1.29 is 13.2 Å². The number of nitrogens with zero attached hydrogens (tertiary/aromatic N) is 1. The maximum absolute atomic E-state index is 13.0. The van der Waals surface area contributed by atoms with Gasteiger partial charge in [-0.1, -0.05) is 24.3 Å². The molecule has 0 heterocycles. The lowest BCUT2D eigenvalue weighted by molar-refractivity contribution is -0.122. The highest BCUT2D eigenvalue weighted by molar-refractivity contribution is 7.92. The quantitative estimate of drug-likeness (QED) is 0.765. The summed E-state index contributed by atoms with van der Waals surface area (Å²) in [7, 11) is -3.65. The molecule has 0 saturated carbocycles. The summed E-state index contributed by atoms with van der Waals surface area (Å²) in [4.78, 5) is 13.0. The zero-order valence-corrected chi connectivity index (χ0v) is 19.4. The number of aryl methyl sites for hydroxylation is 5. The van der Waals surface area contributed by atoms with Crippen molar-refractivity contribution >= 4 is 21.6 Å². The second kappa shape index (κ2) is 8.57. The highest BCUT2D eigenvalue weighted by Gasteiger charge is 2.31. The number of carbonyl (C=O) groups excluding carboxylic acids is 1. The standard InChI is InChI=1S/C23H32N2O3S/c1-14-9-10-15(2)22(11-14)25(29(8,27)28)20(7)23(26)24-19(6)21-13-17(4)16(3)12-18(21)5/h9-13,19-20H,1-8H3,(H,24,26)/t19-,20+/m0/s1. The van der Waals surface area contributed by atoms with E-state index in [1.54, 1.807) is 13.0 Å². The van der Waals surface area contributed by atoms with Crippen LogP contribution in [0.3, 0.4) is 0 Å². The molecular weight excluding hydrogens is 384 g/mol. The lowest BCUT2D eigenvalue weighted by Crippen LogP contribution is -2.48. The first-order chi connectivity index (χ1) is 13.3. The van der Waals surface area contributed by atoms with Crippen LogP contribution in [0.25, 0.3) is 0 Å².